The van der Waals surface area contributed by atoms with Crippen LogP contribution in [-0.2, 0) is 63.2 Å². The van der Waals surface area contributed by atoms with E-state index in [1.54, 1.807) is 39.0 Å². The lowest BCUT2D eigenvalue weighted by Crippen LogP contribution is -2.59. The summed E-state index contributed by atoms with van der Waals surface area (Å²) in [6, 6.07) is 12.2. The number of aliphatic hydroxyl groups excluding tert-OH is 1. The number of thioether (sulfide) groups is 1. The van der Waals surface area contributed by atoms with Gasteiger partial charge in [0.1, 0.15) is 42.6 Å². The normalized spacial score (nSPS) is 21.6. The van der Waals surface area contributed by atoms with Gasteiger partial charge in [0.25, 0.3) is 0 Å². The molecule has 3 aromatic carbocycles. The summed E-state index contributed by atoms with van der Waals surface area (Å²) in [7, 11) is -3.73. The minimum Gasteiger partial charge on any atom is -0.497 e. The van der Waals surface area contributed by atoms with Crippen LogP contribution in [0.2, 0.25) is 36.3 Å². The Bertz CT molecular complexity index is 3420. The number of rotatable bonds is 21. The van der Waals surface area contributed by atoms with E-state index in [0.29, 0.717) is 28.2 Å². The van der Waals surface area contributed by atoms with Gasteiger partial charge in [-0.25, -0.2) is 9.59 Å². The highest BCUT2D eigenvalue weighted by Gasteiger charge is 2.47. The number of carboxylic acids is 1. The minimum absolute atomic E-state index is 0.0521. The topological polar surface area (TPSA) is 350 Å². The quantitative estimate of drug-likeness (QED) is 0.0519. The Balaban J connectivity index is 1.31. The Kier molecular flexibility index (Phi) is 25.2. The molecule has 2 aliphatic heterocycles. The van der Waals surface area contributed by atoms with Crippen molar-refractivity contribution in [3.8, 4) is 16.9 Å². The predicted octanol–water partition coefficient (Wildman–Crippen LogP) is 6.43. The second-order valence-electron chi connectivity index (χ2n) is 28.7. The smallest absolute Gasteiger partial charge is 0.407 e. The standard InChI is InChI=1S/C69H98N8O16SSi2/c1-15-38(2)60-63(84)71-33-59(82)72-52(62(83)74-51(32-57(70)80)65(86)77-34-41(78)30-53(77)66(87)88)37-94-56-29-40-28-42(90-10)24-25-43(40)48(56)31-50(54(79)26-27-58(81)75-60)73-64(85)61(39(3)55(93-96(13,14)69(7,8)9)36-92-95(11,12)68(4,5)6)76-67(89)91-35-49-46-22-18-16-20-44(46)45-21-17-19-23-47(45)49/h16-25,28,38-39,41,49-53,55,60-61,78H,15,26-27,29-37H2,1-14H3,(H2,70,80)(H,71,84)(H,72,82)(H,73,85)(H,74,83)(H,75,81)(H,76,89)(H,87,88)/t38-,39-,41+,50+,51+,52+,53-,55-,60-,61-/m0/s1. The molecule has 27 heteroatoms. The van der Waals surface area contributed by atoms with Crippen molar-refractivity contribution in [3.05, 3.63) is 93.9 Å². The fourth-order valence-electron chi connectivity index (χ4n) is 11.8. The van der Waals surface area contributed by atoms with Gasteiger partial charge in [-0.1, -0.05) is 123 Å². The van der Waals surface area contributed by atoms with E-state index in [-0.39, 0.29) is 54.2 Å². The average molecular weight is 1380 g/mol. The zero-order valence-corrected chi connectivity index (χ0v) is 60.5. The molecular weight excluding hydrogens is 1290 g/mol. The molecule has 0 radical (unpaired) electrons. The molecule has 2 aliphatic carbocycles. The molecule has 0 saturated carbocycles. The van der Waals surface area contributed by atoms with E-state index in [4.69, 9.17) is 24.1 Å². The van der Waals surface area contributed by atoms with Crippen molar-refractivity contribution in [3.63, 3.8) is 0 Å². The molecule has 3 aromatic rings. The van der Waals surface area contributed by atoms with Gasteiger partial charge in [-0.15, -0.1) is 11.8 Å². The van der Waals surface area contributed by atoms with Crippen molar-refractivity contribution in [2.24, 2.45) is 17.6 Å². The lowest BCUT2D eigenvalue weighted by atomic mass is 9.92. The third kappa shape index (κ3) is 18.6. The van der Waals surface area contributed by atoms with Crippen LogP contribution in [0.3, 0.4) is 0 Å². The molecule has 24 nitrogen and oxygen atoms in total. The summed E-state index contributed by atoms with van der Waals surface area (Å²) >= 11 is 1.09. The third-order valence-electron chi connectivity index (χ3n) is 19.9. The van der Waals surface area contributed by atoms with Crippen LogP contribution in [0, 0.1) is 11.8 Å². The Labute approximate surface area is 569 Å². The fourth-order valence-corrected chi connectivity index (χ4v) is 15.5. The number of carbonyl (C=O) groups is 10. The number of likely N-dealkylation sites (tertiary alicyclic amines) is 1. The second-order valence-corrected chi connectivity index (χ2v) is 39.4. The molecule has 8 amide bonds. The predicted molar refractivity (Wildman–Crippen MR) is 369 cm³/mol. The molecule has 1 fully saturated rings. The molecule has 1 saturated heterocycles. The summed E-state index contributed by atoms with van der Waals surface area (Å²) in [5, 5.41) is 36.2. The van der Waals surface area contributed by atoms with Gasteiger partial charge in [-0.05, 0) is 98.2 Å². The van der Waals surface area contributed by atoms with Crippen LogP contribution in [0.25, 0.3) is 16.7 Å². The first-order valence-corrected chi connectivity index (χ1v) is 39.7. The summed E-state index contributed by atoms with van der Waals surface area (Å²) < 4.78 is 25.9. The number of Topliss-reactive ketones (excluding diaryl/α,β-unsaturated/α-hetero) is 1. The number of fused-ring (bicyclic) bond motifs is 5. The lowest BCUT2D eigenvalue weighted by molar-refractivity contribution is -0.149. The number of hydrogen-bond donors (Lipinski definition) is 9. The highest BCUT2D eigenvalue weighted by molar-refractivity contribution is 8.03. The highest BCUT2D eigenvalue weighted by Crippen LogP contribution is 2.46. The first-order chi connectivity index (χ1) is 44.9. The van der Waals surface area contributed by atoms with Crippen LogP contribution in [0.15, 0.2) is 71.6 Å². The van der Waals surface area contributed by atoms with Crippen molar-refractivity contribution in [1.29, 1.82) is 0 Å². The van der Waals surface area contributed by atoms with Gasteiger partial charge in [0, 0.05) is 56.2 Å². The molecule has 0 unspecified atom stereocenters. The maximum absolute atomic E-state index is 15.9. The largest absolute Gasteiger partial charge is 0.497 e. The number of aliphatic carboxylic acids is 1. The maximum atomic E-state index is 15.9. The SMILES string of the molecule is CC[C@H](C)[C@@H]1NC(=O)CCC(=O)[C@H](NC(=O)[C@@H](NC(=O)OCC2c3ccccc3-c3ccccc32)[C@@H](C)[C@H](CO[Si](C)(C)C(C)(C)C)O[Si](C)(C)C(C)(C)C)CC2=C(Cc3cc(OC)ccc32)SC[C@H](C(=O)N[C@H](CC(N)=O)C(=O)N2C[C@H](O)C[C@H]2C(=O)O)NC(=O)CNC1=O. The number of β-amino-alcohol motifs (C(OH)–C–C–N with tert-alkyl or cyclic N) is 1. The van der Waals surface area contributed by atoms with Crippen LogP contribution < -0.4 is 42.4 Å². The van der Waals surface area contributed by atoms with Crippen molar-refractivity contribution in [1.82, 2.24) is 36.8 Å². The number of nitrogens with zero attached hydrogens (tertiary/aromatic N) is 1. The Morgan fingerprint density at radius 3 is 2.06 bits per heavy atom. The molecule has 0 bridgehead atoms. The van der Waals surface area contributed by atoms with Crippen LogP contribution in [0.4, 0.5) is 4.79 Å². The fraction of sp³-hybridized carbons (Fsp3) is 0.565. The molecule has 524 valence electrons. The summed E-state index contributed by atoms with van der Waals surface area (Å²) in [6.45, 7) is 25.2. The number of benzene rings is 3. The third-order valence-corrected chi connectivity index (χ3v) is 30.1. The van der Waals surface area contributed by atoms with Crippen LogP contribution in [-0.4, -0.2) is 179 Å². The van der Waals surface area contributed by atoms with E-state index < -0.39 is 168 Å². The summed E-state index contributed by atoms with van der Waals surface area (Å²) in [5.74, 6) is -9.68. The van der Waals surface area contributed by atoms with E-state index >= 15 is 9.59 Å². The zero-order chi connectivity index (χ0) is 70.9. The van der Waals surface area contributed by atoms with Gasteiger partial charge in [0.15, 0.2) is 22.4 Å². The number of allylic oxidation sites excluding steroid dienone is 1. The van der Waals surface area contributed by atoms with Crippen LogP contribution >= 0.6 is 11.8 Å². The molecule has 2 heterocycles. The summed E-state index contributed by atoms with van der Waals surface area (Å²) in [4.78, 5) is 143. The number of carbonyl (C=O) groups excluding carboxylic acids is 9. The Morgan fingerprint density at radius 1 is 0.833 bits per heavy atom. The van der Waals surface area contributed by atoms with Crippen LogP contribution in [0.1, 0.15) is 129 Å². The molecule has 0 aromatic heterocycles. The number of hydrogen-bond acceptors (Lipinski definition) is 16. The first-order valence-electron chi connectivity index (χ1n) is 32.9. The molecule has 4 aliphatic rings. The van der Waals surface area contributed by atoms with E-state index in [1.165, 1.54) is 7.11 Å². The van der Waals surface area contributed by atoms with Crippen LogP contribution in [0.5, 0.6) is 5.75 Å². The number of aliphatic hydroxyl groups is 1. The van der Waals surface area contributed by atoms with E-state index in [1.807, 2.05) is 48.5 Å². The number of amides is 8. The number of nitrogens with two attached hydrogens (primary N) is 1. The highest BCUT2D eigenvalue weighted by atomic mass is 32.2. The lowest BCUT2D eigenvalue weighted by Gasteiger charge is -2.44. The molecule has 0 spiro atoms. The minimum atomic E-state index is -2.72. The molecule has 10 N–H and O–H groups in total. The number of alkyl carbamates (subject to hydrolysis) is 1. The number of primary amides is 1. The number of methoxy groups -OCH3 is 1. The first kappa shape index (κ1) is 75.9. The Morgan fingerprint density at radius 2 is 1.47 bits per heavy atom. The Hall–Kier alpha value is -7.44. The number of carboxylic acid groups (broad SMARTS) is 1. The zero-order valence-electron chi connectivity index (χ0n) is 57.7. The maximum Gasteiger partial charge on any atom is 0.407 e. The molecule has 7 rings (SSSR count). The number of nitrogens with one attached hydrogen (secondary N) is 6. The van der Waals surface area contributed by atoms with E-state index in [0.717, 1.165) is 44.5 Å². The van der Waals surface area contributed by atoms with Gasteiger partial charge in [-0.2, -0.15) is 0 Å². The summed E-state index contributed by atoms with van der Waals surface area (Å²) in [5.41, 5.74) is 11.4. The van der Waals surface area contributed by atoms with Gasteiger partial charge in [0.05, 0.1) is 44.9 Å². The average Bonchev–Trinajstić information content (AvgIpc) is 1.51. The van der Waals surface area contributed by atoms with Gasteiger partial charge in [-0.3, -0.25) is 38.4 Å². The van der Waals surface area contributed by atoms with Gasteiger partial charge in [0.2, 0.25) is 41.4 Å². The van der Waals surface area contributed by atoms with Gasteiger partial charge < -0.3 is 71.1 Å². The van der Waals surface area contributed by atoms with Crippen molar-refractivity contribution in [2.75, 3.05) is 39.2 Å². The molecule has 10 atom stereocenters. The molecular formula is C69H98N8O16SSi2. The molecule has 96 heavy (non-hydrogen) atoms. The monoisotopic (exact) mass is 1380 g/mol. The summed E-state index contributed by atoms with van der Waals surface area (Å²) in [6.07, 6.45) is -4.56. The second kappa shape index (κ2) is 31.8. The van der Waals surface area contributed by atoms with Crippen molar-refractivity contribution < 1.29 is 76.5 Å². The van der Waals surface area contributed by atoms with Crippen molar-refractivity contribution >= 4 is 93.2 Å². The number of ether oxygens (including phenoxy) is 2. The number of ketones is 1. The van der Waals surface area contributed by atoms with Crippen molar-refractivity contribution in [2.45, 2.75) is 198 Å². The van der Waals surface area contributed by atoms with E-state index in [9.17, 15) is 48.6 Å². The van der Waals surface area contributed by atoms with Gasteiger partial charge >= 0.3 is 12.1 Å². The van der Waals surface area contributed by atoms with E-state index in [2.05, 4.69) is 99.6 Å².